The number of halogens is 4. The molecule has 0 spiro atoms. The number of hydrogen-bond donors (Lipinski definition) is 1. The molecule has 0 atom stereocenters. The molecule has 108 valence electrons. The fourth-order valence-electron chi connectivity index (χ4n) is 1.61. The fraction of sp³-hybridized carbons (Fsp3) is 0.231. The quantitative estimate of drug-likeness (QED) is 0.790. The number of ether oxygens (including phenoxy) is 1. The number of benzene rings is 1. The second kappa shape index (κ2) is 6.05. The number of alkyl halides is 3. The van der Waals surface area contributed by atoms with Crippen molar-refractivity contribution in [3.63, 3.8) is 0 Å². The van der Waals surface area contributed by atoms with Crippen LogP contribution in [0.2, 0.25) is 0 Å². The maximum Gasteiger partial charge on any atom is 0.573 e. The third-order valence-electron chi connectivity index (χ3n) is 2.58. The summed E-state index contributed by atoms with van der Waals surface area (Å²) < 4.78 is 41.7. The molecule has 0 saturated heterocycles. The van der Waals surface area contributed by atoms with E-state index in [2.05, 4.69) is 26.0 Å². The van der Waals surface area contributed by atoms with Gasteiger partial charge < -0.3 is 10.1 Å². The van der Waals surface area contributed by atoms with E-state index in [1.165, 1.54) is 6.07 Å². The second-order valence-electron chi connectivity index (χ2n) is 4.07. The van der Waals surface area contributed by atoms with Crippen molar-refractivity contribution in [2.75, 3.05) is 5.32 Å². The van der Waals surface area contributed by atoms with Crippen molar-refractivity contribution >= 4 is 33.0 Å². The van der Waals surface area contributed by atoms with Crippen LogP contribution in [0.1, 0.15) is 10.4 Å². The predicted molar refractivity (Wildman–Crippen MR) is 77.2 cm³/mol. The van der Waals surface area contributed by atoms with E-state index in [-0.39, 0.29) is 5.75 Å². The molecule has 0 radical (unpaired) electrons. The van der Waals surface area contributed by atoms with Crippen LogP contribution in [-0.2, 0) is 6.54 Å². The van der Waals surface area contributed by atoms with Gasteiger partial charge in [-0.2, -0.15) is 0 Å². The molecule has 2 nitrogen and oxygen atoms in total. The molecule has 20 heavy (non-hydrogen) atoms. The van der Waals surface area contributed by atoms with Crippen molar-refractivity contribution < 1.29 is 17.9 Å². The minimum atomic E-state index is -4.71. The summed E-state index contributed by atoms with van der Waals surface area (Å²) in [7, 11) is 0. The summed E-state index contributed by atoms with van der Waals surface area (Å²) in [6, 6.07) is 6.47. The van der Waals surface area contributed by atoms with Gasteiger partial charge in [-0.3, -0.25) is 0 Å². The molecule has 1 aromatic carbocycles. The van der Waals surface area contributed by atoms with Crippen molar-refractivity contribution in [1.82, 2.24) is 0 Å². The van der Waals surface area contributed by atoms with Gasteiger partial charge in [-0.05, 0) is 42.1 Å². The molecular weight excluding hydrogens is 355 g/mol. The standard InChI is InChI=1S/C13H11BrF3NOS/c1-8-4-5-20-12(8)7-18-10-3-2-9(14)6-11(10)19-13(15,16)17/h2-6,18H,7H2,1H3. The molecule has 0 bridgehead atoms. The lowest BCUT2D eigenvalue weighted by Crippen LogP contribution is -2.18. The summed E-state index contributed by atoms with van der Waals surface area (Å²) in [5.74, 6) is -0.249. The first-order valence-electron chi connectivity index (χ1n) is 5.67. The molecular formula is C13H11BrF3NOS. The molecule has 0 fully saturated rings. The average molecular weight is 366 g/mol. The van der Waals surface area contributed by atoms with Crippen molar-refractivity contribution in [2.45, 2.75) is 19.8 Å². The van der Waals surface area contributed by atoms with Crippen LogP contribution >= 0.6 is 27.3 Å². The number of anilines is 1. The van der Waals surface area contributed by atoms with Gasteiger partial charge in [-0.25, -0.2) is 0 Å². The van der Waals surface area contributed by atoms with Gasteiger partial charge in [0.2, 0.25) is 0 Å². The van der Waals surface area contributed by atoms with Crippen LogP contribution in [0.5, 0.6) is 5.75 Å². The first-order valence-corrected chi connectivity index (χ1v) is 7.34. The van der Waals surface area contributed by atoms with E-state index in [9.17, 15) is 13.2 Å². The Morgan fingerprint density at radius 3 is 2.65 bits per heavy atom. The van der Waals surface area contributed by atoms with Gasteiger partial charge in [0, 0.05) is 15.9 Å². The van der Waals surface area contributed by atoms with E-state index in [0.29, 0.717) is 16.7 Å². The van der Waals surface area contributed by atoms with E-state index in [1.54, 1.807) is 23.5 Å². The van der Waals surface area contributed by atoms with E-state index in [1.807, 2.05) is 18.4 Å². The van der Waals surface area contributed by atoms with Crippen molar-refractivity contribution in [3.05, 3.63) is 44.6 Å². The highest BCUT2D eigenvalue weighted by molar-refractivity contribution is 9.10. The Kier molecular flexibility index (Phi) is 4.59. The Labute approximate surface area is 126 Å². The number of aryl methyl sites for hydroxylation is 1. The van der Waals surface area contributed by atoms with Crippen LogP contribution in [0.25, 0.3) is 0 Å². The average Bonchev–Trinajstić information content (AvgIpc) is 2.72. The zero-order valence-electron chi connectivity index (χ0n) is 10.4. The minimum Gasteiger partial charge on any atom is -0.404 e. The summed E-state index contributed by atoms with van der Waals surface area (Å²) in [5, 5.41) is 4.92. The molecule has 0 unspecified atom stereocenters. The van der Waals surface area contributed by atoms with Gasteiger partial charge >= 0.3 is 6.36 Å². The number of rotatable bonds is 4. The third kappa shape index (κ3) is 4.14. The second-order valence-corrected chi connectivity index (χ2v) is 5.98. The molecule has 1 aromatic heterocycles. The zero-order valence-corrected chi connectivity index (χ0v) is 12.8. The molecule has 1 heterocycles. The summed E-state index contributed by atoms with van der Waals surface area (Å²) in [4.78, 5) is 1.07. The van der Waals surface area contributed by atoms with Gasteiger partial charge in [0.15, 0.2) is 5.75 Å². The number of hydrogen-bond acceptors (Lipinski definition) is 3. The summed E-state index contributed by atoms with van der Waals surface area (Å²) >= 11 is 4.69. The molecule has 0 aliphatic heterocycles. The molecule has 7 heteroatoms. The number of thiophene rings is 1. The highest BCUT2D eigenvalue weighted by Gasteiger charge is 2.32. The largest absolute Gasteiger partial charge is 0.573 e. The molecule has 0 saturated carbocycles. The smallest absolute Gasteiger partial charge is 0.404 e. The maximum atomic E-state index is 12.4. The van der Waals surface area contributed by atoms with Crippen LogP contribution < -0.4 is 10.1 Å². The Morgan fingerprint density at radius 2 is 2.05 bits per heavy atom. The van der Waals surface area contributed by atoms with Crippen LogP contribution in [-0.4, -0.2) is 6.36 Å². The highest BCUT2D eigenvalue weighted by atomic mass is 79.9. The van der Waals surface area contributed by atoms with Crippen LogP contribution in [0.3, 0.4) is 0 Å². The van der Waals surface area contributed by atoms with Gasteiger partial charge in [0.25, 0.3) is 0 Å². The monoisotopic (exact) mass is 365 g/mol. The van der Waals surface area contributed by atoms with Crippen LogP contribution in [0, 0.1) is 6.92 Å². The van der Waals surface area contributed by atoms with Crippen molar-refractivity contribution in [3.8, 4) is 5.75 Å². The molecule has 0 aliphatic rings. The summed E-state index contributed by atoms with van der Waals surface area (Å²) in [6.45, 7) is 2.42. The Bertz CT molecular complexity index is 598. The minimum absolute atomic E-state index is 0.249. The normalized spacial score (nSPS) is 11.4. The zero-order chi connectivity index (χ0) is 14.8. The molecule has 1 N–H and O–H groups in total. The Morgan fingerprint density at radius 1 is 1.30 bits per heavy atom. The lowest BCUT2D eigenvalue weighted by molar-refractivity contribution is -0.274. The molecule has 2 aromatic rings. The topological polar surface area (TPSA) is 21.3 Å². The van der Waals surface area contributed by atoms with E-state index in [0.717, 1.165) is 10.4 Å². The summed E-state index contributed by atoms with van der Waals surface area (Å²) in [5.41, 5.74) is 1.41. The van der Waals surface area contributed by atoms with E-state index >= 15 is 0 Å². The van der Waals surface area contributed by atoms with Crippen LogP contribution in [0.15, 0.2) is 34.1 Å². The van der Waals surface area contributed by atoms with Crippen molar-refractivity contribution in [1.29, 1.82) is 0 Å². The predicted octanol–water partition coefficient (Wildman–Crippen LogP) is 5.33. The SMILES string of the molecule is Cc1ccsc1CNc1ccc(Br)cc1OC(F)(F)F. The molecule has 0 amide bonds. The highest BCUT2D eigenvalue weighted by Crippen LogP contribution is 2.33. The fourth-order valence-corrected chi connectivity index (χ4v) is 2.80. The van der Waals surface area contributed by atoms with E-state index in [4.69, 9.17) is 0 Å². The van der Waals surface area contributed by atoms with Crippen LogP contribution in [0.4, 0.5) is 18.9 Å². The number of nitrogens with one attached hydrogen (secondary N) is 1. The summed E-state index contributed by atoms with van der Waals surface area (Å²) in [6.07, 6.45) is -4.71. The Balaban J connectivity index is 2.16. The van der Waals surface area contributed by atoms with Crippen molar-refractivity contribution in [2.24, 2.45) is 0 Å². The van der Waals surface area contributed by atoms with Gasteiger partial charge in [0.05, 0.1) is 5.69 Å². The molecule has 2 rings (SSSR count). The van der Waals surface area contributed by atoms with E-state index < -0.39 is 6.36 Å². The third-order valence-corrected chi connectivity index (χ3v) is 4.09. The van der Waals surface area contributed by atoms with Gasteiger partial charge in [-0.15, -0.1) is 24.5 Å². The Hall–Kier alpha value is -1.21. The lowest BCUT2D eigenvalue weighted by atomic mass is 10.2. The molecule has 0 aliphatic carbocycles. The first-order chi connectivity index (χ1) is 9.35. The first kappa shape index (κ1) is 15.2. The maximum absolute atomic E-state index is 12.4. The lowest BCUT2D eigenvalue weighted by Gasteiger charge is -2.15. The van der Waals surface area contributed by atoms with Gasteiger partial charge in [-0.1, -0.05) is 15.9 Å². The van der Waals surface area contributed by atoms with Gasteiger partial charge in [0.1, 0.15) is 0 Å².